The van der Waals surface area contributed by atoms with E-state index in [1.165, 1.54) is 24.8 Å². The van der Waals surface area contributed by atoms with E-state index < -0.39 is 11.4 Å². The van der Waals surface area contributed by atoms with Gasteiger partial charge in [0.2, 0.25) is 5.91 Å². The molecule has 0 heterocycles. The fourth-order valence-electron chi connectivity index (χ4n) is 13.9. The molecule has 0 saturated heterocycles. The quantitative estimate of drug-likeness (QED) is 0.192. The number of hydrogen-bond donors (Lipinski definition) is 4. The van der Waals surface area contributed by atoms with E-state index in [-0.39, 0.29) is 51.1 Å². The number of fused-ring (bicyclic) bond motifs is 7. The van der Waals surface area contributed by atoms with E-state index in [1.54, 1.807) is 30.3 Å². The van der Waals surface area contributed by atoms with Crippen LogP contribution in [0.15, 0.2) is 60.7 Å². The third kappa shape index (κ3) is 6.06. The van der Waals surface area contributed by atoms with Crippen LogP contribution in [0, 0.1) is 56.7 Å². The molecule has 0 aliphatic heterocycles. The van der Waals surface area contributed by atoms with Gasteiger partial charge < -0.3 is 20.8 Å². The Bertz CT molecular complexity index is 1800. The zero-order valence-electron chi connectivity index (χ0n) is 33.6. The van der Waals surface area contributed by atoms with Crippen molar-refractivity contribution in [3.63, 3.8) is 0 Å². The molecule has 0 bridgehead atoms. The second-order valence-corrected chi connectivity index (χ2v) is 19.6. The van der Waals surface area contributed by atoms with Crippen LogP contribution in [0.2, 0.25) is 0 Å². The molecule has 0 radical (unpaired) electrons. The van der Waals surface area contributed by atoms with Crippen molar-refractivity contribution >= 4 is 17.8 Å². The number of hydrogen-bond acceptors (Lipinski definition) is 4. The zero-order valence-corrected chi connectivity index (χ0v) is 33.6. The maximum absolute atomic E-state index is 14.7. The van der Waals surface area contributed by atoms with Gasteiger partial charge in [0.05, 0.1) is 17.1 Å². The average molecular weight is 737 g/mol. The van der Waals surface area contributed by atoms with Gasteiger partial charge in [-0.2, -0.15) is 0 Å². The summed E-state index contributed by atoms with van der Waals surface area (Å²) in [5.74, 6) is 1.29. The standard InChI is InChI=1S/C47H64N2O5/c1-29(2)34-17-23-47(42(54)49-28-31-9-8-10-33(27-31)40(51)48-26-20-30-11-13-32(14-12-30)41(52)53)25-24-45(6)35(39(34)47)15-16-37-44(5)21-19-38(50)43(3,4)36(44)18-22-46(37,45)7/h8-14,27,34-39,50H,1,15-26,28H2,2-7H3,(H,48,51)(H,49,54)(H,52,53)/t34-,35?,36?,37?,38?,39?,44?,45+,46?,47?/m0/s1. The number of aliphatic hydroxyl groups is 1. The molecule has 7 rings (SSSR count). The van der Waals surface area contributed by atoms with Crippen molar-refractivity contribution in [2.45, 2.75) is 125 Å². The first-order chi connectivity index (χ1) is 25.5. The minimum absolute atomic E-state index is 0.0644. The molecule has 292 valence electrons. The monoisotopic (exact) mass is 736 g/mol. The molecule has 4 N–H and O–H groups in total. The van der Waals surface area contributed by atoms with Gasteiger partial charge in [-0.3, -0.25) is 9.59 Å². The molecule has 7 nitrogen and oxygen atoms in total. The van der Waals surface area contributed by atoms with Crippen LogP contribution >= 0.6 is 0 Å². The number of nitrogens with one attached hydrogen (secondary N) is 2. The molecular formula is C47H64N2O5. The maximum atomic E-state index is 14.7. The maximum Gasteiger partial charge on any atom is 0.335 e. The molecule has 2 aromatic rings. The van der Waals surface area contributed by atoms with Crippen LogP contribution in [-0.4, -0.2) is 40.6 Å². The number of carboxylic acid groups (broad SMARTS) is 1. The van der Waals surface area contributed by atoms with E-state index in [9.17, 15) is 19.5 Å². The van der Waals surface area contributed by atoms with Crippen LogP contribution in [0.3, 0.4) is 0 Å². The molecule has 5 saturated carbocycles. The summed E-state index contributed by atoms with van der Waals surface area (Å²) in [6, 6.07) is 14.2. The molecule has 0 aromatic heterocycles. The van der Waals surface area contributed by atoms with Crippen LogP contribution in [-0.2, 0) is 17.8 Å². The molecule has 54 heavy (non-hydrogen) atoms. The third-order valence-electron chi connectivity index (χ3n) is 17.0. The van der Waals surface area contributed by atoms with E-state index in [2.05, 4.69) is 58.8 Å². The van der Waals surface area contributed by atoms with Crippen molar-refractivity contribution in [1.82, 2.24) is 10.6 Å². The van der Waals surface area contributed by atoms with Crippen LogP contribution in [0.5, 0.6) is 0 Å². The summed E-state index contributed by atoms with van der Waals surface area (Å²) in [4.78, 5) is 38.9. The van der Waals surface area contributed by atoms with E-state index in [1.807, 2.05) is 18.2 Å². The van der Waals surface area contributed by atoms with Gasteiger partial charge in [-0.15, -0.1) is 0 Å². The Balaban J connectivity index is 1.05. The van der Waals surface area contributed by atoms with Gasteiger partial charge in [0, 0.05) is 18.7 Å². The lowest BCUT2D eigenvalue weighted by molar-refractivity contribution is -0.246. The molecular weight excluding hydrogens is 673 g/mol. The molecule has 5 aliphatic carbocycles. The third-order valence-corrected chi connectivity index (χ3v) is 17.0. The number of rotatable bonds is 9. The summed E-state index contributed by atoms with van der Waals surface area (Å²) in [5, 5.41) is 26.6. The molecule has 5 fully saturated rings. The van der Waals surface area contributed by atoms with Crippen LogP contribution in [0.4, 0.5) is 0 Å². The van der Waals surface area contributed by atoms with Crippen LogP contribution in [0.25, 0.3) is 0 Å². The van der Waals surface area contributed by atoms with Crippen LogP contribution < -0.4 is 10.6 Å². The highest BCUT2D eigenvalue weighted by atomic mass is 16.4. The summed E-state index contributed by atoms with van der Waals surface area (Å²) < 4.78 is 0. The molecule has 5 aliphatic rings. The lowest BCUT2D eigenvalue weighted by atomic mass is 9.32. The highest BCUT2D eigenvalue weighted by Crippen LogP contribution is 2.77. The minimum Gasteiger partial charge on any atom is -0.478 e. The minimum atomic E-state index is -0.957. The second-order valence-electron chi connectivity index (χ2n) is 19.6. The van der Waals surface area contributed by atoms with Gasteiger partial charge in [0.15, 0.2) is 0 Å². The predicted octanol–water partition coefficient (Wildman–Crippen LogP) is 8.99. The Morgan fingerprint density at radius 1 is 0.778 bits per heavy atom. The molecule has 7 heteroatoms. The Kier molecular flexibility index (Phi) is 10.0. The number of carboxylic acids is 1. The van der Waals surface area contributed by atoms with Gasteiger partial charge in [-0.25, -0.2) is 4.79 Å². The van der Waals surface area contributed by atoms with Gasteiger partial charge in [-0.05, 0) is 164 Å². The molecule has 2 aromatic carbocycles. The van der Waals surface area contributed by atoms with Crippen LogP contribution in [0.1, 0.15) is 138 Å². The number of carbonyl (C=O) groups is 3. The highest BCUT2D eigenvalue weighted by Gasteiger charge is 2.71. The lowest BCUT2D eigenvalue weighted by Gasteiger charge is -2.72. The van der Waals surface area contributed by atoms with Crippen molar-refractivity contribution in [2.24, 2.45) is 56.7 Å². The van der Waals surface area contributed by atoms with E-state index in [0.717, 1.165) is 56.1 Å². The van der Waals surface area contributed by atoms with Crippen molar-refractivity contribution in [3.8, 4) is 0 Å². The first kappa shape index (κ1) is 38.8. The fourth-order valence-corrected chi connectivity index (χ4v) is 13.9. The number of aliphatic hydroxyl groups excluding tert-OH is 1. The number of allylic oxidation sites excluding steroid dienone is 1. The van der Waals surface area contributed by atoms with E-state index in [4.69, 9.17) is 5.11 Å². The second kappa shape index (κ2) is 13.9. The number of aromatic carboxylic acids is 1. The number of carbonyl (C=O) groups excluding carboxylic acids is 2. The first-order valence-electron chi connectivity index (χ1n) is 20.8. The van der Waals surface area contributed by atoms with Gasteiger partial charge in [0.25, 0.3) is 5.91 Å². The summed E-state index contributed by atoms with van der Waals surface area (Å²) in [5.41, 5.74) is 3.96. The van der Waals surface area contributed by atoms with Crippen molar-refractivity contribution in [3.05, 3.63) is 82.9 Å². The molecule has 10 atom stereocenters. The van der Waals surface area contributed by atoms with Crippen molar-refractivity contribution < 1.29 is 24.6 Å². The van der Waals surface area contributed by atoms with Crippen molar-refractivity contribution in [1.29, 1.82) is 0 Å². The normalized spacial score (nSPS) is 37.8. The number of amides is 2. The molecule has 2 amide bonds. The summed E-state index contributed by atoms with van der Waals surface area (Å²) in [7, 11) is 0. The topological polar surface area (TPSA) is 116 Å². The summed E-state index contributed by atoms with van der Waals surface area (Å²) in [6.07, 6.45) is 11.0. The Morgan fingerprint density at radius 3 is 2.22 bits per heavy atom. The average Bonchev–Trinajstić information content (AvgIpc) is 3.54. The fraction of sp³-hybridized carbons (Fsp3) is 0.638. The highest BCUT2D eigenvalue weighted by molar-refractivity contribution is 5.94. The zero-order chi connectivity index (χ0) is 38.8. The number of benzene rings is 2. The van der Waals surface area contributed by atoms with Gasteiger partial charge in [0.1, 0.15) is 0 Å². The van der Waals surface area contributed by atoms with E-state index >= 15 is 0 Å². The first-order valence-corrected chi connectivity index (χ1v) is 20.8. The summed E-state index contributed by atoms with van der Waals surface area (Å²) in [6.45, 7) is 20.0. The molecule has 8 unspecified atom stereocenters. The Hall–Kier alpha value is -3.45. The van der Waals surface area contributed by atoms with Crippen molar-refractivity contribution in [2.75, 3.05) is 6.54 Å². The largest absolute Gasteiger partial charge is 0.478 e. The Labute approximate surface area is 323 Å². The molecule has 0 spiro atoms. The smallest absolute Gasteiger partial charge is 0.335 e. The Morgan fingerprint density at radius 2 is 1.52 bits per heavy atom. The summed E-state index contributed by atoms with van der Waals surface area (Å²) >= 11 is 0. The predicted molar refractivity (Wildman–Crippen MR) is 213 cm³/mol. The van der Waals surface area contributed by atoms with Gasteiger partial charge >= 0.3 is 5.97 Å². The lowest BCUT2D eigenvalue weighted by Crippen LogP contribution is -2.67. The van der Waals surface area contributed by atoms with Gasteiger partial charge in [-0.1, -0.05) is 71.0 Å². The SMILES string of the molecule is C=C(C)[C@@H]1CCC2(C(=O)NCc3cccc(C(=O)NCCc4ccc(C(=O)O)cc4)c3)CC[C@]3(C)C(CCC4C5(C)CCC(O)C(C)(C)C5CCC43C)C12. The van der Waals surface area contributed by atoms with E-state index in [0.29, 0.717) is 48.7 Å².